The Morgan fingerprint density at radius 2 is 1.94 bits per heavy atom. The van der Waals surface area contributed by atoms with Crippen LogP contribution in [0.5, 0.6) is 0 Å². The first kappa shape index (κ1) is 24.6. The molecule has 0 atom stereocenters. The van der Waals surface area contributed by atoms with Crippen LogP contribution in [0.15, 0.2) is 53.3 Å². The predicted octanol–water partition coefficient (Wildman–Crippen LogP) is 4.63. The first-order valence-electron chi connectivity index (χ1n) is 11.3. The van der Waals surface area contributed by atoms with Crippen molar-refractivity contribution >= 4 is 29.8 Å². The molecular weight excluding hydrogens is 432 g/mol. The quantitative estimate of drug-likeness (QED) is 0.358. The van der Waals surface area contributed by atoms with E-state index in [1.807, 2.05) is 37.3 Å². The van der Waals surface area contributed by atoms with Crippen LogP contribution in [0.3, 0.4) is 0 Å². The Kier molecular flexibility index (Phi) is 9.12. The van der Waals surface area contributed by atoms with Gasteiger partial charge in [0.25, 0.3) is 5.91 Å². The number of piperidine rings is 1. The van der Waals surface area contributed by atoms with Gasteiger partial charge in [-0.2, -0.15) is 0 Å². The summed E-state index contributed by atoms with van der Waals surface area (Å²) in [5.74, 6) is 6.30. The van der Waals surface area contributed by atoms with Gasteiger partial charge in [-0.3, -0.25) is 4.79 Å². The van der Waals surface area contributed by atoms with Crippen molar-refractivity contribution in [2.75, 3.05) is 26.2 Å². The van der Waals surface area contributed by atoms with Crippen LogP contribution in [0.4, 0.5) is 0 Å². The normalized spacial score (nSPS) is 14.6. The number of carbonyl (C=O) groups is 1. The number of hydrogen-bond acceptors (Lipinski definition) is 4. The first-order chi connectivity index (χ1) is 16.0. The second-order valence-corrected chi connectivity index (χ2v) is 8.62. The first-order valence-corrected chi connectivity index (χ1v) is 11.7. The van der Waals surface area contributed by atoms with Crippen LogP contribution in [0, 0.1) is 18.8 Å². The molecule has 0 aliphatic carbocycles. The average Bonchev–Trinajstić information content (AvgIpc) is 2.84. The summed E-state index contributed by atoms with van der Waals surface area (Å²) in [5, 5.41) is 3.61. The Hall–Kier alpha value is -3.07. The summed E-state index contributed by atoms with van der Waals surface area (Å²) in [5.41, 5.74) is 9.54. The molecule has 0 radical (unpaired) electrons. The van der Waals surface area contributed by atoms with Crippen LogP contribution in [0.2, 0.25) is 5.02 Å². The molecule has 2 aromatic carbocycles. The third kappa shape index (κ3) is 6.95. The molecule has 3 N–H and O–H groups in total. The van der Waals surface area contributed by atoms with E-state index in [2.05, 4.69) is 33.8 Å². The van der Waals surface area contributed by atoms with Crippen molar-refractivity contribution < 1.29 is 4.79 Å². The number of benzene rings is 2. The Morgan fingerprint density at radius 1 is 1.18 bits per heavy atom. The number of nitrogens with one attached hydrogen (secondary N) is 1. The van der Waals surface area contributed by atoms with E-state index in [9.17, 15) is 4.79 Å². The fourth-order valence-corrected chi connectivity index (χ4v) is 4.09. The van der Waals surface area contributed by atoms with E-state index in [-0.39, 0.29) is 11.7 Å². The average molecular weight is 463 g/mol. The maximum atomic E-state index is 12.8. The lowest BCUT2D eigenvalue weighted by Crippen LogP contribution is -2.33. The third-order valence-electron chi connectivity index (χ3n) is 5.77. The molecule has 1 heterocycles. The van der Waals surface area contributed by atoms with Crippen molar-refractivity contribution in [3.63, 3.8) is 0 Å². The van der Waals surface area contributed by atoms with Gasteiger partial charge in [0, 0.05) is 17.1 Å². The summed E-state index contributed by atoms with van der Waals surface area (Å²) in [4.78, 5) is 19.2. The van der Waals surface area contributed by atoms with Gasteiger partial charge in [0.05, 0.1) is 11.1 Å². The molecule has 1 amide bonds. The molecule has 1 aliphatic rings. The minimum atomic E-state index is -0.127. The number of nitrogens with zero attached hydrogens (tertiary/aromatic N) is 2. The van der Waals surface area contributed by atoms with Gasteiger partial charge in [-0.15, -0.1) is 0 Å². The van der Waals surface area contributed by atoms with E-state index >= 15 is 0 Å². The molecule has 0 saturated carbocycles. The molecule has 6 heteroatoms. The van der Waals surface area contributed by atoms with E-state index in [0.717, 1.165) is 37.2 Å². The minimum absolute atomic E-state index is 0.127. The van der Waals surface area contributed by atoms with Crippen LogP contribution in [0.25, 0.3) is 5.57 Å². The summed E-state index contributed by atoms with van der Waals surface area (Å²) in [7, 11) is 0. The molecule has 0 aromatic heterocycles. The van der Waals surface area contributed by atoms with Gasteiger partial charge in [-0.25, -0.2) is 4.99 Å². The number of halogens is 1. The summed E-state index contributed by atoms with van der Waals surface area (Å²) < 4.78 is 0. The van der Waals surface area contributed by atoms with Crippen LogP contribution in [0.1, 0.15) is 52.7 Å². The predicted molar refractivity (Wildman–Crippen MR) is 137 cm³/mol. The molecular formula is C27H31ClN4O. The van der Waals surface area contributed by atoms with E-state index in [1.54, 1.807) is 12.1 Å². The van der Waals surface area contributed by atoms with E-state index in [1.165, 1.54) is 19.3 Å². The second-order valence-electron chi connectivity index (χ2n) is 8.18. The summed E-state index contributed by atoms with van der Waals surface area (Å²) in [6.45, 7) is 9.47. The number of allylic oxidation sites excluding steroid dienone is 1. The molecule has 0 spiro atoms. The van der Waals surface area contributed by atoms with Crippen molar-refractivity contribution in [2.45, 2.75) is 32.6 Å². The van der Waals surface area contributed by atoms with Gasteiger partial charge in [0.1, 0.15) is 5.82 Å². The van der Waals surface area contributed by atoms with E-state index in [4.69, 9.17) is 17.3 Å². The molecule has 3 rings (SSSR count). The minimum Gasteiger partial charge on any atom is -0.383 e. The molecule has 0 bridgehead atoms. The van der Waals surface area contributed by atoms with Crippen LogP contribution in [-0.4, -0.2) is 43.7 Å². The maximum absolute atomic E-state index is 12.8. The molecule has 2 aromatic rings. The molecule has 1 fully saturated rings. The van der Waals surface area contributed by atoms with Gasteiger partial charge in [-0.05, 0) is 87.9 Å². The Balaban J connectivity index is 1.75. The molecule has 1 saturated heterocycles. The zero-order chi connectivity index (χ0) is 23.6. The lowest BCUT2D eigenvalue weighted by Gasteiger charge is -2.26. The topological polar surface area (TPSA) is 70.7 Å². The molecule has 5 nitrogen and oxygen atoms in total. The Bertz CT molecular complexity index is 1090. The van der Waals surface area contributed by atoms with Crippen molar-refractivity contribution in [1.82, 2.24) is 10.2 Å². The summed E-state index contributed by atoms with van der Waals surface area (Å²) in [6, 6.07) is 12.8. The molecule has 1 aliphatic heterocycles. The largest absolute Gasteiger partial charge is 0.383 e. The SMILES string of the molecule is C=N/C(N)=C(/C#Cc1ccccc1C(=O)NCCCN1CCCCC1)c1cc(Cl)ccc1C. The van der Waals surface area contributed by atoms with Gasteiger partial charge in [-0.1, -0.05) is 48.1 Å². The Labute approximate surface area is 201 Å². The lowest BCUT2D eigenvalue weighted by atomic mass is 9.99. The highest BCUT2D eigenvalue weighted by atomic mass is 35.5. The van der Waals surface area contributed by atoms with Crippen LogP contribution in [-0.2, 0) is 0 Å². The maximum Gasteiger partial charge on any atom is 0.252 e. The van der Waals surface area contributed by atoms with Crippen LogP contribution < -0.4 is 11.1 Å². The number of aliphatic imine (C=N–C) groups is 1. The summed E-state index contributed by atoms with van der Waals surface area (Å²) in [6.07, 6.45) is 4.81. The molecule has 172 valence electrons. The smallest absolute Gasteiger partial charge is 0.252 e. The highest BCUT2D eigenvalue weighted by Gasteiger charge is 2.12. The number of carbonyl (C=O) groups excluding carboxylic acids is 1. The number of rotatable bonds is 7. The van der Waals surface area contributed by atoms with Gasteiger partial charge in [0.15, 0.2) is 0 Å². The highest BCUT2D eigenvalue weighted by molar-refractivity contribution is 6.30. The van der Waals surface area contributed by atoms with Gasteiger partial charge in [0.2, 0.25) is 0 Å². The lowest BCUT2D eigenvalue weighted by molar-refractivity contribution is 0.0951. The summed E-state index contributed by atoms with van der Waals surface area (Å²) >= 11 is 6.19. The van der Waals surface area contributed by atoms with Crippen LogP contribution >= 0.6 is 11.6 Å². The van der Waals surface area contributed by atoms with Gasteiger partial charge < -0.3 is 16.0 Å². The number of aryl methyl sites for hydroxylation is 1. The number of nitrogens with two attached hydrogens (primary N) is 1. The number of amides is 1. The number of hydrogen-bond donors (Lipinski definition) is 2. The fourth-order valence-electron chi connectivity index (χ4n) is 3.91. The zero-order valence-corrected chi connectivity index (χ0v) is 19.9. The fraction of sp³-hybridized carbons (Fsp3) is 0.333. The van der Waals surface area contributed by atoms with Gasteiger partial charge >= 0.3 is 0 Å². The van der Waals surface area contributed by atoms with Crippen molar-refractivity contribution in [2.24, 2.45) is 10.7 Å². The number of likely N-dealkylation sites (tertiary alicyclic amines) is 1. The highest BCUT2D eigenvalue weighted by Crippen LogP contribution is 2.24. The third-order valence-corrected chi connectivity index (χ3v) is 6.01. The van der Waals surface area contributed by atoms with Crippen molar-refractivity contribution in [1.29, 1.82) is 0 Å². The van der Waals surface area contributed by atoms with E-state index < -0.39 is 0 Å². The second kappa shape index (κ2) is 12.2. The van der Waals surface area contributed by atoms with Crippen molar-refractivity contribution in [3.8, 4) is 11.8 Å². The zero-order valence-electron chi connectivity index (χ0n) is 19.2. The van der Waals surface area contributed by atoms with Crippen molar-refractivity contribution in [3.05, 3.63) is 75.6 Å². The molecule has 0 unspecified atom stereocenters. The van der Waals surface area contributed by atoms with E-state index in [0.29, 0.717) is 28.3 Å². The standard InChI is InChI=1S/C27H31ClN4O/c1-20-11-13-22(28)19-25(20)24(26(29)30-2)14-12-21-9-4-5-10-23(21)27(33)31-15-8-18-32-16-6-3-7-17-32/h4-5,9-11,13,19H,2-3,6-8,15-18,29H2,1H3,(H,31,33)/b26-24-. The molecule has 33 heavy (non-hydrogen) atoms. The Morgan fingerprint density at radius 3 is 2.70 bits per heavy atom. The monoisotopic (exact) mass is 462 g/mol.